The lowest BCUT2D eigenvalue weighted by atomic mass is 9.93. The molecule has 0 aliphatic carbocycles. The monoisotopic (exact) mass is 374 g/mol. The third-order valence-corrected chi connectivity index (χ3v) is 6.07. The first-order chi connectivity index (χ1) is 11.1. The van der Waals surface area contributed by atoms with Gasteiger partial charge in [-0.3, -0.25) is 4.79 Å². The highest BCUT2D eigenvalue weighted by Crippen LogP contribution is 2.17. The second-order valence-corrected chi connectivity index (χ2v) is 8.18. The van der Waals surface area contributed by atoms with Crippen molar-refractivity contribution in [1.29, 1.82) is 0 Å². The Morgan fingerprint density at radius 1 is 1.17 bits per heavy atom. The van der Waals surface area contributed by atoms with Crippen molar-refractivity contribution in [3.8, 4) is 0 Å². The third-order valence-electron chi connectivity index (χ3n) is 4.25. The SMILES string of the molecule is Cl.O=C(CCC1CCNCC1)NCCCS(=O)(=O)c1ccccc1. The number of rotatable bonds is 8. The zero-order chi connectivity index (χ0) is 16.5. The van der Waals surface area contributed by atoms with Gasteiger partial charge in [-0.1, -0.05) is 18.2 Å². The first-order valence-corrected chi connectivity index (χ1v) is 9.98. The molecule has 1 amide bonds. The number of hydrogen-bond donors (Lipinski definition) is 2. The van der Waals surface area contributed by atoms with E-state index in [2.05, 4.69) is 10.6 Å². The summed E-state index contributed by atoms with van der Waals surface area (Å²) in [4.78, 5) is 12.1. The number of carbonyl (C=O) groups is 1. The molecule has 7 heteroatoms. The summed E-state index contributed by atoms with van der Waals surface area (Å²) >= 11 is 0. The number of sulfone groups is 1. The highest BCUT2D eigenvalue weighted by Gasteiger charge is 2.15. The maximum Gasteiger partial charge on any atom is 0.220 e. The predicted octanol–water partition coefficient (Wildman–Crippen LogP) is 2.17. The zero-order valence-electron chi connectivity index (χ0n) is 13.9. The lowest BCUT2D eigenvalue weighted by Crippen LogP contribution is -2.30. The summed E-state index contributed by atoms with van der Waals surface area (Å²) < 4.78 is 24.2. The van der Waals surface area contributed by atoms with E-state index in [1.807, 2.05) is 0 Å². The zero-order valence-corrected chi connectivity index (χ0v) is 15.5. The highest BCUT2D eigenvalue weighted by atomic mass is 35.5. The maximum absolute atomic E-state index is 12.1. The van der Waals surface area contributed by atoms with Crippen LogP contribution in [0.25, 0.3) is 0 Å². The molecule has 2 N–H and O–H groups in total. The van der Waals surface area contributed by atoms with Crippen molar-refractivity contribution in [2.45, 2.75) is 37.0 Å². The van der Waals surface area contributed by atoms with E-state index in [1.54, 1.807) is 30.3 Å². The van der Waals surface area contributed by atoms with Gasteiger partial charge in [0, 0.05) is 13.0 Å². The van der Waals surface area contributed by atoms with Crippen molar-refractivity contribution in [1.82, 2.24) is 10.6 Å². The molecule has 24 heavy (non-hydrogen) atoms. The minimum absolute atomic E-state index is 0. The van der Waals surface area contributed by atoms with E-state index >= 15 is 0 Å². The molecular formula is C17H27ClN2O3S. The molecule has 0 aromatic heterocycles. The molecule has 0 unspecified atom stereocenters. The first-order valence-electron chi connectivity index (χ1n) is 8.33. The lowest BCUT2D eigenvalue weighted by Gasteiger charge is -2.22. The van der Waals surface area contributed by atoms with Crippen LogP contribution >= 0.6 is 12.4 Å². The second-order valence-electron chi connectivity index (χ2n) is 6.07. The average molecular weight is 375 g/mol. The molecule has 1 saturated heterocycles. The van der Waals surface area contributed by atoms with E-state index in [1.165, 1.54) is 0 Å². The van der Waals surface area contributed by atoms with Crippen molar-refractivity contribution in [3.63, 3.8) is 0 Å². The van der Waals surface area contributed by atoms with Crippen LogP contribution in [0.15, 0.2) is 35.2 Å². The Bertz CT molecular complexity index is 587. The third kappa shape index (κ3) is 7.20. The largest absolute Gasteiger partial charge is 0.356 e. The number of hydrogen-bond acceptors (Lipinski definition) is 4. The van der Waals surface area contributed by atoms with Gasteiger partial charge in [-0.2, -0.15) is 0 Å². The van der Waals surface area contributed by atoms with Gasteiger partial charge in [0.2, 0.25) is 5.91 Å². The van der Waals surface area contributed by atoms with Crippen molar-refractivity contribution in [3.05, 3.63) is 30.3 Å². The van der Waals surface area contributed by atoms with Gasteiger partial charge >= 0.3 is 0 Å². The van der Waals surface area contributed by atoms with Gasteiger partial charge in [0.1, 0.15) is 0 Å². The summed E-state index contributed by atoms with van der Waals surface area (Å²) in [7, 11) is -3.25. The molecule has 0 bridgehead atoms. The minimum atomic E-state index is -3.25. The summed E-state index contributed by atoms with van der Waals surface area (Å²) in [5.41, 5.74) is 0. The van der Waals surface area contributed by atoms with Gasteiger partial charge in [-0.25, -0.2) is 8.42 Å². The smallest absolute Gasteiger partial charge is 0.220 e. The van der Waals surface area contributed by atoms with Crippen molar-refractivity contribution in [2.75, 3.05) is 25.4 Å². The number of amides is 1. The molecule has 1 heterocycles. The molecule has 1 aliphatic rings. The summed E-state index contributed by atoms with van der Waals surface area (Å²) in [6.45, 7) is 2.50. The molecule has 0 saturated carbocycles. The number of piperidine rings is 1. The Morgan fingerprint density at radius 3 is 2.50 bits per heavy atom. The average Bonchev–Trinajstić information content (AvgIpc) is 2.59. The van der Waals surface area contributed by atoms with Gasteiger partial charge < -0.3 is 10.6 Å². The number of benzene rings is 1. The van der Waals surface area contributed by atoms with Gasteiger partial charge in [0.15, 0.2) is 9.84 Å². The van der Waals surface area contributed by atoms with Gasteiger partial charge in [0.25, 0.3) is 0 Å². The maximum atomic E-state index is 12.1. The Morgan fingerprint density at radius 2 is 1.83 bits per heavy atom. The van der Waals surface area contributed by atoms with E-state index < -0.39 is 9.84 Å². The van der Waals surface area contributed by atoms with Crippen molar-refractivity contribution >= 4 is 28.2 Å². The molecule has 2 rings (SSSR count). The fourth-order valence-electron chi connectivity index (χ4n) is 2.83. The predicted molar refractivity (Wildman–Crippen MR) is 98.2 cm³/mol. The Balaban J connectivity index is 0.00000288. The summed E-state index contributed by atoms with van der Waals surface area (Å²) in [6.07, 6.45) is 4.19. The van der Waals surface area contributed by atoms with Crippen LogP contribution in [0.3, 0.4) is 0 Å². The lowest BCUT2D eigenvalue weighted by molar-refractivity contribution is -0.121. The van der Waals surface area contributed by atoms with Crippen LogP contribution < -0.4 is 10.6 Å². The quantitative estimate of drug-likeness (QED) is 0.684. The van der Waals surface area contributed by atoms with Gasteiger partial charge in [0.05, 0.1) is 10.6 Å². The molecule has 5 nitrogen and oxygen atoms in total. The van der Waals surface area contributed by atoms with Crippen molar-refractivity contribution in [2.24, 2.45) is 5.92 Å². The molecule has 0 radical (unpaired) electrons. The summed E-state index contributed by atoms with van der Waals surface area (Å²) in [5.74, 6) is 0.729. The molecule has 136 valence electrons. The topological polar surface area (TPSA) is 75.3 Å². The van der Waals surface area contributed by atoms with Crippen LogP contribution in [-0.2, 0) is 14.6 Å². The summed E-state index contributed by atoms with van der Waals surface area (Å²) in [6, 6.07) is 8.44. The molecule has 0 atom stereocenters. The van der Waals surface area contributed by atoms with Crippen molar-refractivity contribution < 1.29 is 13.2 Å². The minimum Gasteiger partial charge on any atom is -0.356 e. The van der Waals surface area contributed by atoms with E-state index in [-0.39, 0.29) is 24.1 Å². The van der Waals surface area contributed by atoms with Crippen LogP contribution in [0.4, 0.5) is 0 Å². The molecule has 1 fully saturated rings. The van der Waals surface area contributed by atoms with Crippen LogP contribution in [0.2, 0.25) is 0 Å². The molecule has 1 aromatic carbocycles. The number of carbonyl (C=O) groups excluding carboxylic acids is 1. The fourth-order valence-corrected chi connectivity index (χ4v) is 4.16. The standard InChI is InChI=1S/C17H26N2O3S.ClH/c20-17(8-7-15-9-12-18-13-10-15)19-11-4-14-23(21,22)16-5-2-1-3-6-16;/h1-3,5-6,15,18H,4,7-14H2,(H,19,20);1H. The number of halogens is 1. The van der Waals surface area contributed by atoms with Gasteiger partial charge in [-0.15, -0.1) is 12.4 Å². The van der Waals surface area contributed by atoms with Crippen LogP contribution in [0.5, 0.6) is 0 Å². The normalized spacial score (nSPS) is 15.5. The Kier molecular flexibility index (Phi) is 9.33. The summed E-state index contributed by atoms with van der Waals surface area (Å²) in [5, 5.41) is 6.14. The van der Waals surface area contributed by atoms with E-state index in [9.17, 15) is 13.2 Å². The Hall–Kier alpha value is -1.11. The molecule has 1 aliphatic heterocycles. The second kappa shape index (κ2) is 10.7. The van der Waals surface area contributed by atoms with E-state index in [0.29, 0.717) is 30.2 Å². The molecular weight excluding hydrogens is 348 g/mol. The van der Waals surface area contributed by atoms with Crippen LogP contribution in [-0.4, -0.2) is 39.7 Å². The number of nitrogens with one attached hydrogen (secondary N) is 2. The highest BCUT2D eigenvalue weighted by molar-refractivity contribution is 7.91. The van der Waals surface area contributed by atoms with E-state index in [4.69, 9.17) is 0 Å². The first kappa shape index (κ1) is 20.9. The fraction of sp³-hybridized carbons (Fsp3) is 0.588. The molecule has 0 spiro atoms. The van der Waals surface area contributed by atoms with Gasteiger partial charge in [-0.05, 0) is 56.8 Å². The van der Waals surface area contributed by atoms with Crippen LogP contribution in [0, 0.1) is 5.92 Å². The molecule has 1 aromatic rings. The Labute approximate surface area is 150 Å². The van der Waals surface area contributed by atoms with Crippen LogP contribution in [0.1, 0.15) is 32.1 Å². The van der Waals surface area contributed by atoms with E-state index in [0.717, 1.165) is 32.4 Å².